The second-order valence-electron chi connectivity index (χ2n) is 6.46. The molecular formula is C16H22N2O4. The maximum atomic E-state index is 12.2. The number of carboxylic acid groups (broad SMARTS) is 1. The van der Waals surface area contributed by atoms with Crippen molar-refractivity contribution in [2.75, 3.05) is 19.6 Å². The molecule has 0 saturated carbocycles. The van der Waals surface area contributed by atoms with Crippen molar-refractivity contribution in [3.05, 3.63) is 23.9 Å². The van der Waals surface area contributed by atoms with Crippen LogP contribution in [0.25, 0.3) is 0 Å². The van der Waals surface area contributed by atoms with E-state index in [0.29, 0.717) is 6.42 Å². The molecule has 22 heavy (non-hydrogen) atoms. The first-order valence-electron chi connectivity index (χ1n) is 7.76. The molecule has 120 valence electrons. The van der Waals surface area contributed by atoms with Crippen molar-refractivity contribution in [3.63, 3.8) is 0 Å². The van der Waals surface area contributed by atoms with Gasteiger partial charge in [-0.3, -0.25) is 9.69 Å². The van der Waals surface area contributed by atoms with Crippen LogP contribution in [0.5, 0.6) is 0 Å². The topological polar surface area (TPSA) is 81.1 Å². The number of carbonyl (C=O) groups is 2. The van der Waals surface area contributed by atoms with E-state index in [9.17, 15) is 19.8 Å². The Morgan fingerprint density at radius 1 is 1.55 bits per heavy atom. The summed E-state index contributed by atoms with van der Waals surface area (Å²) in [5.74, 6) is -1.57. The van der Waals surface area contributed by atoms with Crippen molar-refractivity contribution in [3.8, 4) is 0 Å². The summed E-state index contributed by atoms with van der Waals surface area (Å²) in [6.07, 6.45) is 2.61. The summed E-state index contributed by atoms with van der Waals surface area (Å²) in [4.78, 5) is 27.5. The Morgan fingerprint density at radius 3 is 2.86 bits per heavy atom. The number of aliphatic hydroxyl groups excluding tert-OH is 1. The van der Waals surface area contributed by atoms with E-state index < -0.39 is 18.0 Å². The highest BCUT2D eigenvalue weighted by Crippen LogP contribution is 2.47. The van der Waals surface area contributed by atoms with Crippen molar-refractivity contribution < 1.29 is 19.8 Å². The number of aliphatic hydroxyl groups is 1. The van der Waals surface area contributed by atoms with Gasteiger partial charge in [0.1, 0.15) is 5.70 Å². The first-order valence-corrected chi connectivity index (χ1v) is 7.76. The van der Waals surface area contributed by atoms with Gasteiger partial charge in [-0.2, -0.15) is 0 Å². The molecule has 3 aliphatic rings. The summed E-state index contributed by atoms with van der Waals surface area (Å²) in [6, 6.07) is -0.179. The highest BCUT2D eigenvalue weighted by atomic mass is 16.4. The molecule has 4 atom stereocenters. The fraction of sp³-hybridized carbons (Fsp3) is 0.625. The van der Waals surface area contributed by atoms with Gasteiger partial charge in [0.2, 0.25) is 5.91 Å². The first kappa shape index (κ1) is 15.2. The Labute approximate surface area is 129 Å². The van der Waals surface area contributed by atoms with Gasteiger partial charge in [0.05, 0.1) is 18.1 Å². The largest absolute Gasteiger partial charge is 0.477 e. The van der Waals surface area contributed by atoms with Gasteiger partial charge in [0, 0.05) is 13.1 Å². The lowest BCUT2D eigenvalue weighted by molar-refractivity contribution is -0.161. The van der Waals surface area contributed by atoms with Crippen LogP contribution in [0.4, 0.5) is 0 Å². The molecule has 0 aromatic heterocycles. The van der Waals surface area contributed by atoms with Gasteiger partial charge >= 0.3 is 5.97 Å². The SMILES string of the molecule is C=CCN1CCC(C2=C(C(=O)O)N3C(=O)[C@H]([C@@H](C)O)[C@H]3C2)C1. The van der Waals surface area contributed by atoms with Crippen LogP contribution in [-0.2, 0) is 9.59 Å². The van der Waals surface area contributed by atoms with Gasteiger partial charge in [-0.1, -0.05) is 6.08 Å². The molecule has 6 heteroatoms. The third kappa shape index (κ3) is 2.18. The van der Waals surface area contributed by atoms with Crippen molar-refractivity contribution in [1.82, 2.24) is 9.80 Å². The highest BCUT2D eigenvalue weighted by Gasteiger charge is 2.57. The first-order chi connectivity index (χ1) is 10.5. The minimum atomic E-state index is -1.03. The quantitative estimate of drug-likeness (QED) is 0.569. The number of nitrogens with zero attached hydrogens (tertiary/aromatic N) is 2. The number of fused-ring (bicyclic) bond motifs is 1. The molecule has 0 aromatic carbocycles. The molecule has 0 aromatic rings. The van der Waals surface area contributed by atoms with E-state index in [2.05, 4.69) is 11.5 Å². The van der Waals surface area contributed by atoms with Gasteiger partial charge < -0.3 is 15.1 Å². The van der Waals surface area contributed by atoms with Gasteiger partial charge in [-0.25, -0.2) is 4.79 Å². The average Bonchev–Trinajstić information content (AvgIpc) is 3.00. The van der Waals surface area contributed by atoms with Crippen molar-refractivity contribution in [1.29, 1.82) is 0 Å². The summed E-state index contributed by atoms with van der Waals surface area (Å²) in [5, 5.41) is 19.3. The van der Waals surface area contributed by atoms with E-state index in [-0.39, 0.29) is 23.6 Å². The van der Waals surface area contributed by atoms with Crippen molar-refractivity contribution >= 4 is 11.9 Å². The molecule has 1 unspecified atom stereocenters. The normalized spacial score (nSPS) is 32.9. The summed E-state index contributed by atoms with van der Waals surface area (Å²) < 4.78 is 0. The van der Waals surface area contributed by atoms with Gasteiger partial charge in [0.15, 0.2) is 0 Å². The van der Waals surface area contributed by atoms with Crippen LogP contribution in [-0.4, -0.2) is 63.7 Å². The van der Waals surface area contributed by atoms with Crippen LogP contribution < -0.4 is 0 Å². The fourth-order valence-corrected chi connectivity index (χ4v) is 4.13. The maximum Gasteiger partial charge on any atom is 0.352 e. The Hall–Kier alpha value is -1.66. The molecule has 0 radical (unpaired) electrons. The van der Waals surface area contributed by atoms with E-state index in [1.165, 1.54) is 4.90 Å². The number of likely N-dealkylation sites (tertiary alicyclic amines) is 1. The number of carbonyl (C=O) groups excluding carboxylic acids is 1. The molecule has 3 aliphatic heterocycles. The van der Waals surface area contributed by atoms with Crippen molar-refractivity contribution in [2.45, 2.75) is 31.9 Å². The smallest absolute Gasteiger partial charge is 0.352 e. The maximum absolute atomic E-state index is 12.2. The van der Waals surface area contributed by atoms with Crippen LogP contribution in [0.15, 0.2) is 23.9 Å². The number of hydrogen-bond donors (Lipinski definition) is 2. The summed E-state index contributed by atoms with van der Waals surface area (Å²) >= 11 is 0. The van der Waals surface area contributed by atoms with Gasteiger partial charge in [-0.05, 0) is 37.8 Å². The predicted octanol–water partition coefficient (Wildman–Crippen LogP) is 0.445. The van der Waals surface area contributed by atoms with Crippen LogP contribution >= 0.6 is 0 Å². The number of hydrogen-bond acceptors (Lipinski definition) is 4. The van der Waals surface area contributed by atoms with Crippen LogP contribution in [0, 0.1) is 11.8 Å². The highest BCUT2D eigenvalue weighted by molar-refractivity contribution is 5.99. The lowest BCUT2D eigenvalue weighted by Crippen LogP contribution is -2.61. The average molecular weight is 306 g/mol. The number of amides is 1. The van der Waals surface area contributed by atoms with E-state index in [1.54, 1.807) is 6.92 Å². The van der Waals surface area contributed by atoms with Gasteiger partial charge in [-0.15, -0.1) is 6.58 Å². The van der Waals surface area contributed by atoms with E-state index in [4.69, 9.17) is 0 Å². The molecule has 0 bridgehead atoms. The number of aliphatic carboxylic acids is 1. The molecule has 0 spiro atoms. The molecule has 3 rings (SSSR count). The molecular weight excluding hydrogens is 284 g/mol. The van der Waals surface area contributed by atoms with Crippen molar-refractivity contribution in [2.24, 2.45) is 11.8 Å². The minimum absolute atomic E-state index is 0.164. The third-order valence-corrected chi connectivity index (χ3v) is 5.12. The lowest BCUT2D eigenvalue weighted by Gasteiger charge is -2.44. The monoisotopic (exact) mass is 306 g/mol. The zero-order valence-corrected chi connectivity index (χ0v) is 12.7. The molecule has 2 fully saturated rings. The van der Waals surface area contributed by atoms with Crippen LogP contribution in [0.1, 0.15) is 19.8 Å². The number of β-lactam (4-membered cyclic amide) rings is 1. The molecule has 3 heterocycles. The number of carboxylic acids is 1. The molecule has 1 amide bonds. The Morgan fingerprint density at radius 2 is 2.27 bits per heavy atom. The van der Waals surface area contributed by atoms with Crippen LogP contribution in [0.2, 0.25) is 0 Å². The number of rotatable bonds is 5. The summed E-state index contributed by atoms with van der Waals surface area (Å²) in [7, 11) is 0. The third-order valence-electron chi connectivity index (χ3n) is 5.12. The zero-order chi connectivity index (χ0) is 16.0. The van der Waals surface area contributed by atoms with E-state index in [1.807, 2.05) is 6.08 Å². The Kier molecular flexibility index (Phi) is 3.82. The summed E-state index contributed by atoms with van der Waals surface area (Å²) in [5.41, 5.74) is 1.04. The second-order valence-corrected chi connectivity index (χ2v) is 6.46. The Balaban J connectivity index is 1.83. The fourth-order valence-electron chi connectivity index (χ4n) is 4.13. The van der Waals surface area contributed by atoms with E-state index in [0.717, 1.165) is 31.6 Å². The van der Waals surface area contributed by atoms with E-state index >= 15 is 0 Å². The standard InChI is InChI=1S/C16H22N2O4/c1-3-5-17-6-4-10(8-17)11-7-12-13(9(2)19)15(20)18(12)14(11)16(21)22/h3,9-10,12-13,19H,1,4-8H2,2H3,(H,21,22)/t9-,10?,12-,13-/m1/s1. The predicted molar refractivity (Wildman–Crippen MR) is 79.8 cm³/mol. The zero-order valence-electron chi connectivity index (χ0n) is 12.7. The Bertz CT molecular complexity index is 554. The molecule has 2 saturated heterocycles. The van der Waals surface area contributed by atoms with Crippen LogP contribution in [0.3, 0.4) is 0 Å². The molecule has 0 aliphatic carbocycles. The molecule has 2 N–H and O–H groups in total. The minimum Gasteiger partial charge on any atom is -0.477 e. The lowest BCUT2D eigenvalue weighted by atomic mass is 9.82. The van der Waals surface area contributed by atoms with Gasteiger partial charge in [0.25, 0.3) is 0 Å². The molecule has 6 nitrogen and oxygen atoms in total. The second kappa shape index (κ2) is 5.52. The summed E-state index contributed by atoms with van der Waals surface area (Å²) in [6.45, 7) is 7.87.